The lowest BCUT2D eigenvalue weighted by Gasteiger charge is -2.44. The molecule has 0 saturated heterocycles. The normalized spacial score (nSPS) is 25.3. The summed E-state index contributed by atoms with van der Waals surface area (Å²) in [5, 5.41) is 3.55. The monoisotopic (exact) mass is 313 g/mol. The molecule has 1 N–H and O–H groups in total. The van der Waals surface area contributed by atoms with Gasteiger partial charge in [-0.2, -0.15) is 0 Å². The van der Waals surface area contributed by atoms with Crippen LogP contribution in [-0.4, -0.2) is 24.2 Å². The fraction of sp³-hybridized carbons (Fsp3) is 0.550. The summed E-state index contributed by atoms with van der Waals surface area (Å²) in [7, 11) is 0. The molecule has 23 heavy (non-hydrogen) atoms. The van der Waals surface area contributed by atoms with Crippen molar-refractivity contribution < 1.29 is 9.53 Å². The number of rotatable bonds is 3. The van der Waals surface area contributed by atoms with E-state index in [1.807, 2.05) is 13.8 Å². The molecule has 3 rings (SSSR count). The van der Waals surface area contributed by atoms with Crippen molar-refractivity contribution in [3.8, 4) is 0 Å². The number of hydrogen-bond donors (Lipinski definition) is 1. The Morgan fingerprint density at radius 2 is 2.00 bits per heavy atom. The van der Waals surface area contributed by atoms with E-state index in [1.54, 1.807) is 0 Å². The van der Waals surface area contributed by atoms with Crippen LogP contribution in [0.2, 0.25) is 0 Å². The van der Waals surface area contributed by atoms with Gasteiger partial charge in [-0.15, -0.1) is 0 Å². The molecule has 2 aliphatic rings. The van der Waals surface area contributed by atoms with Gasteiger partial charge in [-0.3, -0.25) is 5.32 Å². The molecule has 0 radical (unpaired) electrons. The van der Waals surface area contributed by atoms with Crippen LogP contribution in [0, 0.1) is 5.41 Å². The highest BCUT2D eigenvalue weighted by molar-refractivity contribution is 5.94. The van der Waals surface area contributed by atoms with Gasteiger partial charge in [0.05, 0.1) is 6.10 Å². The van der Waals surface area contributed by atoms with Crippen molar-refractivity contribution in [3.63, 3.8) is 0 Å². The predicted octanol–water partition coefficient (Wildman–Crippen LogP) is 3.73. The van der Waals surface area contributed by atoms with Gasteiger partial charge in [0.1, 0.15) is 5.54 Å². The van der Waals surface area contributed by atoms with Gasteiger partial charge < -0.3 is 4.74 Å². The molecular formula is C20H27NO2. The minimum atomic E-state index is -0.686. The van der Waals surface area contributed by atoms with E-state index in [0.717, 1.165) is 13.0 Å². The Morgan fingerprint density at radius 3 is 2.65 bits per heavy atom. The SMILES string of the molecule is CCC1(C(=O)OC(C)C)NCC(C)(C)C2=C1Cc1ccccc12. The number of ether oxygens (including phenoxy) is 1. The number of esters is 1. The molecule has 3 heteroatoms. The lowest BCUT2D eigenvalue weighted by atomic mass is 9.70. The summed E-state index contributed by atoms with van der Waals surface area (Å²) in [6, 6.07) is 8.54. The van der Waals surface area contributed by atoms with Crippen LogP contribution in [-0.2, 0) is 16.0 Å². The Kier molecular flexibility index (Phi) is 3.88. The topological polar surface area (TPSA) is 38.3 Å². The van der Waals surface area contributed by atoms with Crippen LogP contribution in [0.3, 0.4) is 0 Å². The third-order valence-corrected chi connectivity index (χ3v) is 5.20. The van der Waals surface area contributed by atoms with Gasteiger partial charge in [-0.05, 0) is 49.0 Å². The van der Waals surface area contributed by atoms with Crippen LogP contribution in [0.25, 0.3) is 5.57 Å². The number of fused-ring (bicyclic) bond motifs is 2. The quantitative estimate of drug-likeness (QED) is 0.864. The number of carbonyl (C=O) groups excluding carboxylic acids is 1. The minimum Gasteiger partial charge on any atom is -0.461 e. The second kappa shape index (κ2) is 5.48. The second-order valence-electron chi connectivity index (χ2n) is 7.64. The van der Waals surface area contributed by atoms with E-state index in [1.165, 1.54) is 22.3 Å². The van der Waals surface area contributed by atoms with Crippen LogP contribution in [0.1, 0.15) is 52.2 Å². The van der Waals surface area contributed by atoms with E-state index < -0.39 is 5.54 Å². The average molecular weight is 313 g/mol. The fourth-order valence-electron chi connectivity index (χ4n) is 4.06. The van der Waals surface area contributed by atoms with Crippen LogP contribution >= 0.6 is 0 Å². The number of benzene rings is 1. The van der Waals surface area contributed by atoms with Gasteiger partial charge in [0.15, 0.2) is 0 Å². The van der Waals surface area contributed by atoms with Crippen molar-refractivity contribution in [3.05, 3.63) is 41.0 Å². The zero-order chi connectivity index (χ0) is 16.8. The Labute approximate surface area is 139 Å². The van der Waals surface area contributed by atoms with E-state index >= 15 is 0 Å². The lowest BCUT2D eigenvalue weighted by Crippen LogP contribution is -2.60. The first-order valence-corrected chi connectivity index (χ1v) is 8.60. The molecular weight excluding hydrogens is 286 g/mol. The average Bonchev–Trinajstić information content (AvgIpc) is 2.88. The highest BCUT2D eigenvalue weighted by Gasteiger charge is 2.51. The molecule has 0 saturated carbocycles. The lowest BCUT2D eigenvalue weighted by molar-refractivity contribution is -0.154. The summed E-state index contributed by atoms with van der Waals surface area (Å²) in [5.41, 5.74) is 4.51. The van der Waals surface area contributed by atoms with Gasteiger partial charge in [0.2, 0.25) is 0 Å². The molecule has 0 fully saturated rings. The van der Waals surface area contributed by atoms with E-state index in [2.05, 4.69) is 50.4 Å². The van der Waals surface area contributed by atoms with Crippen molar-refractivity contribution in [2.75, 3.05) is 6.54 Å². The Hall–Kier alpha value is -1.61. The molecule has 0 amide bonds. The summed E-state index contributed by atoms with van der Waals surface area (Å²) >= 11 is 0. The number of carbonyl (C=O) groups is 1. The second-order valence-corrected chi connectivity index (χ2v) is 7.64. The highest BCUT2D eigenvalue weighted by atomic mass is 16.5. The molecule has 1 aromatic carbocycles. The molecule has 1 unspecified atom stereocenters. The molecule has 1 atom stereocenters. The van der Waals surface area contributed by atoms with E-state index in [0.29, 0.717) is 6.42 Å². The van der Waals surface area contributed by atoms with E-state index in [-0.39, 0.29) is 17.5 Å². The maximum absolute atomic E-state index is 12.9. The largest absolute Gasteiger partial charge is 0.461 e. The fourth-order valence-corrected chi connectivity index (χ4v) is 4.06. The molecule has 1 aromatic rings. The van der Waals surface area contributed by atoms with Gasteiger partial charge in [0, 0.05) is 12.0 Å². The predicted molar refractivity (Wildman–Crippen MR) is 93.1 cm³/mol. The Bertz CT molecular complexity index is 672. The third-order valence-electron chi connectivity index (χ3n) is 5.20. The molecule has 1 heterocycles. The third kappa shape index (κ3) is 2.42. The first-order valence-electron chi connectivity index (χ1n) is 8.60. The van der Waals surface area contributed by atoms with Crippen molar-refractivity contribution in [2.45, 2.75) is 59.1 Å². The zero-order valence-electron chi connectivity index (χ0n) is 14.8. The van der Waals surface area contributed by atoms with Gasteiger partial charge >= 0.3 is 5.97 Å². The minimum absolute atomic E-state index is 0.0126. The van der Waals surface area contributed by atoms with E-state index in [9.17, 15) is 4.79 Å². The van der Waals surface area contributed by atoms with Crippen LogP contribution in [0.4, 0.5) is 0 Å². The van der Waals surface area contributed by atoms with E-state index in [4.69, 9.17) is 4.74 Å². The van der Waals surface area contributed by atoms with Gasteiger partial charge in [-0.25, -0.2) is 4.79 Å². The van der Waals surface area contributed by atoms with Crippen LogP contribution < -0.4 is 5.32 Å². The molecule has 1 aliphatic carbocycles. The Morgan fingerprint density at radius 1 is 1.30 bits per heavy atom. The molecule has 1 aliphatic heterocycles. The van der Waals surface area contributed by atoms with Gasteiger partial charge in [0.25, 0.3) is 0 Å². The molecule has 0 aromatic heterocycles. The number of hydrogen-bond acceptors (Lipinski definition) is 3. The maximum atomic E-state index is 12.9. The highest BCUT2D eigenvalue weighted by Crippen LogP contribution is 2.51. The first-order chi connectivity index (χ1) is 10.8. The standard InChI is InChI=1S/C20H27NO2/c1-6-20(18(22)23-13(2)3)16-11-14-9-7-8-10-15(14)17(16)19(4,5)12-21-20/h7-10,13,21H,6,11-12H2,1-5H3. The summed E-state index contributed by atoms with van der Waals surface area (Å²) in [4.78, 5) is 12.9. The maximum Gasteiger partial charge on any atom is 0.330 e. The van der Waals surface area contributed by atoms with Crippen LogP contribution in [0.5, 0.6) is 0 Å². The van der Waals surface area contributed by atoms with Crippen LogP contribution in [0.15, 0.2) is 29.8 Å². The van der Waals surface area contributed by atoms with Crippen molar-refractivity contribution >= 4 is 11.5 Å². The smallest absolute Gasteiger partial charge is 0.330 e. The number of nitrogens with one attached hydrogen (secondary N) is 1. The Balaban J connectivity index is 2.15. The summed E-state index contributed by atoms with van der Waals surface area (Å²) in [6.07, 6.45) is 1.44. The summed E-state index contributed by atoms with van der Waals surface area (Å²) < 4.78 is 5.62. The molecule has 0 spiro atoms. The van der Waals surface area contributed by atoms with Gasteiger partial charge in [-0.1, -0.05) is 45.0 Å². The molecule has 3 nitrogen and oxygen atoms in total. The van der Waals surface area contributed by atoms with Crippen molar-refractivity contribution in [2.24, 2.45) is 5.41 Å². The molecule has 0 bridgehead atoms. The molecule has 124 valence electrons. The van der Waals surface area contributed by atoms with Crippen molar-refractivity contribution in [1.29, 1.82) is 0 Å². The summed E-state index contributed by atoms with van der Waals surface area (Å²) in [5.74, 6) is -0.134. The summed E-state index contributed by atoms with van der Waals surface area (Å²) in [6.45, 7) is 11.2. The zero-order valence-corrected chi connectivity index (χ0v) is 14.8. The first kappa shape index (κ1) is 16.3. The van der Waals surface area contributed by atoms with Crippen molar-refractivity contribution in [1.82, 2.24) is 5.32 Å².